The van der Waals surface area contributed by atoms with Gasteiger partial charge in [0.1, 0.15) is 5.67 Å². The topological polar surface area (TPSA) is 29.0 Å². The maximum Gasteiger partial charge on any atom is 0.120 e. The molecule has 1 aliphatic rings. The largest absolute Gasteiger partial charge is 0.294 e. The maximum atomic E-state index is 13.7. The van der Waals surface area contributed by atoms with E-state index in [-0.39, 0.29) is 0 Å². The van der Waals surface area contributed by atoms with E-state index in [0.717, 1.165) is 25.2 Å². The van der Waals surface area contributed by atoms with Crippen molar-refractivity contribution in [3.05, 3.63) is 11.1 Å². The Balaban J connectivity index is 1.92. The lowest BCUT2D eigenvalue weighted by molar-refractivity contribution is 0.0556. The summed E-state index contributed by atoms with van der Waals surface area (Å²) in [6.07, 6.45) is 1.61. The van der Waals surface area contributed by atoms with Crippen molar-refractivity contribution in [2.24, 2.45) is 0 Å². The predicted octanol–water partition coefficient (Wildman–Crippen LogP) is 1.86. The zero-order valence-corrected chi connectivity index (χ0v) is 9.06. The molecule has 0 amide bonds. The Bertz CT molecular complexity index is 286. The normalized spacial score (nSPS) is 29.3. The number of aromatic nitrogens is 2. The highest BCUT2D eigenvalue weighted by Crippen LogP contribution is 2.25. The van der Waals surface area contributed by atoms with Crippen LogP contribution in [0.3, 0.4) is 0 Å². The van der Waals surface area contributed by atoms with Crippen LogP contribution in [0.15, 0.2) is 5.38 Å². The SMILES string of the molecule is C[C@]1(F)CCCN(Cc2csnn2)C1. The Hall–Kier alpha value is -0.550. The molecule has 1 aromatic rings. The fourth-order valence-electron chi connectivity index (χ4n) is 1.91. The van der Waals surface area contributed by atoms with Crippen LogP contribution >= 0.6 is 11.5 Å². The summed E-state index contributed by atoms with van der Waals surface area (Å²) >= 11 is 1.35. The van der Waals surface area contributed by atoms with Gasteiger partial charge < -0.3 is 0 Å². The van der Waals surface area contributed by atoms with Gasteiger partial charge >= 0.3 is 0 Å². The molecule has 78 valence electrons. The van der Waals surface area contributed by atoms with E-state index in [1.807, 2.05) is 5.38 Å². The van der Waals surface area contributed by atoms with Crippen LogP contribution in [0.1, 0.15) is 25.5 Å². The second-order valence-corrected chi connectivity index (χ2v) is 4.73. The van der Waals surface area contributed by atoms with Crippen LogP contribution in [0, 0.1) is 0 Å². The van der Waals surface area contributed by atoms with Gasteiger partial charge in [-0.15, -0.1) is 5.10 Å². The molecule has 0 unspecified atom stereocenters. The van der Waals surface area contributed by atoms with E-state index < -0.39 is 5.67 Å². The molecular formula is C9H14FN3S. The Labute approximate surface area is 87.1 Å². The number of nitrogens with zero attached hydrogens (tertiary/aromatic N) is 3. The van der Waals surface area contributed by atoms with Gasteiger partial charge in [0.2, 0.25) is 0 Å². The molecule has 1 saturated heterocycles. The van der Waals surface area contributed by atoms with Crippen molar-refractivity contribution in [2.75, 3.05) is 13.1 Å². The minimum Gasteiger partial charge on any atom is -0.294 e. The van der Waals surface area contributed by atoms with E-state index in [0.29, 0.717) is 13.0 Å². The molecule has 0 spiro atoms. The third-order valence-corrected chi connectivity index (χ3v) is 3.07. The first-order valence-electron chi connectivity index (χ1n) is 4.83. The minimum absolute atomic E-state index is 0.518. The molecule has 5 heteroatoms. The zero-order valence-electron chi connectivity index (χ0n) is 8.24. The highest BCUT2D eigenvalue weighted by Gasteiger charge is 2.30. The van der Waals surface area contributed by atoms with Crippen LogP contribution < -0.4 is 0 Å². The highest BCUT2D eigenvalue weighted by molar-refractivity contribution is 7.03. The van der Waals surface area contributed by atoms with E-state index in [4.69, 9.17) is 0 Å². The molecule has 2 rings (SSSR count). The average Bonchev–Trinajstić information content (AvgIpc) is 2.54. The molecule has 1 aliphatic heterocycles. The summed E-state index contributed by atoms with van der Waals surface area (Å²) in [4.78, 5) is 2.11. The average molecular weight is 215 g/mol. The molecule has 0 bridgehead atoms. The number of likely N-dealkylation sites (tertiary alicyclic amines) is 1. The molecule has 0 radical (unpaired) electrons. The zero-order chi connectivity index (χ0) is 10.0. The molecule has 2 heterocycles. The van der Waals surface area contributed by atoms with Crippen LogP contribution in [0.5, 0.6) is 0 Å². The third kappa shape index (κ3) is 2.48. The molecule has 1 atom stereocenters. The predicted molar refractivity (Wildman–Crippen MR) is 53.9 cm³/mol. The van der Waals surface area contributed by atoms with E-state index in [9.17, 15) is 4.39 Å². The fourth-order valence-corrected chi connectivity index (χ4v) is 2.36. The second kappa shape index (κ2) is 3.90. The summed E-state index contributed by atoms with van der Waals surface area (Å²) in [7, 11) is 0. The summed E-state index contributed by atoms with van der Waals surface area (Å²) in [5.74, 6) is 0. The van der Waals surface area contributed by atoms with Gasteiger partial charge in [-0.05, 0) is 37.8 Å². The molecule has 1 fully saturated rings. The van der Waals surface area contributed by atoms with Gasteiger partial charge in [-0.1, -0.05) is 4.49 Å². The number of halogens is 1. The van der Waals surface area contributed by atoms with Crippen molar-refractivity contribution in [1.29, 1.82) is 0 Å². The molecule has 14 heavy (non-hydrogen) atoms. The third-order valence-electron chi connectivity index (χ3n) is 2.52. The van der Waals surface area contributed by atoms with Gasteiger partial charge in [-0.25, -0.2) is 4.39 Å². The summed E-state index contributed by atoms with van der Waals surface area (Å²) in [6.45, 7) is 3.90. The van der Waals surface area contributed by atoms with Crippen LogP contribution in [0.25, 0.3) is 0 Å². The number of hydrogen-bond donors (Lipinski definition) is 0. The highest BCUT2D eigenvalue weighted by atomic mass is 32.1. The monoisotopic (exact) mass is 215 g/mol. The van der Waals surface area contributed by atoms with Crippen molar-refractivity contribution in [1.82, 2.24) is 14.5 Å². The van der Waals surface area contributed by atoms with Crippen molar-refractivity contribution >= 4 is 11.5 Å². The van der Waals surface area contributed by atoms with Crippen molar-refractivity contribution in [3.8, 4) is 0 Å². The number of rotatable bonds is 2. The van der Waals surface area contributed by atoms with Crippen LogP contribution in [0.4, 0.5) is 4.39 Å². The van der Waals surface area contributed by atoms with E-state index in [1.165, 1.54) is 11.5 Å². The lowest BCUT2D eigenvalue weighted by Gasteiger charge is -2.34. The molecule has 3 nitrogen and oxygen atoms in total. The van der Waals surface area contributed by atoms with E-state index >= 15 is 0 Å². The fraction of sp³-hybridized carbons (Fsp3) is 0.778. The van der Waals surface area contributed by atoms with Gasteiger partial charge in [0.05, 0.1) is 5.69 Å². The first-order chi connectivity index (χ1) is 6.66. The van der Waals surface area contributed by atoms with Crippen LogP contribution in [0.2, 0.25) is 0 Å². The van der Waals surface area contributed by atoms with Gasteiger partial charge in [0.25, 0.3) is 0 Å². The quantitative estimate of drug-likeness (QED) is 0.754. The first-order valence-corrected chi connectivity index (χ1v) is 5.67. The summed E-state index contributed by atoms with van der Waals surface area (Å²) in [5.41, 5.74) is -0.0745. The maximum absolute atomic E-state index is 13.7. The lowest BCUT2D eigenvalue weighted by atomic mass is 9.97. The van der Waals surface area contributed by atoms with E-state index in [2.05, 4.69) is 14.5 Å². The summed E-state index contributed by atoms with van der Waals surface area (Å²) < 4.78 is 17.5. The second-order valence-electron chi connectivity index (χ2n) is 4.12. The molecular weight excluding hydrogens is 201 g/mol. The lowest BCUT2D eigenvalue weighted by Crippen LogP contribution is -2.42. The van der Waals surface area contributed by atoms with Crippen molar-refractivity contribution < 1.29 is 4.39 Å². The Morgan fingerprint density at radius 1 is 1.71 bits per heavy atom. The number of hydrogen-bond acceptors (Lipinski definition) is 4. The van der Waals surface area contributed by atoms with Crippen molar-refractivity contribution in [3.63, 3.8) is 0 Å². The van der Waals surface area contributed by atoms with Gasteiger partial charge in [-0.2, -0.15) is 0 Å². The van der Waals surface area contributed by atoms with Crippen LogP contribution in [-0.4, -0.2) is 33.2 Å². The van der Waals surface area contributed by atoms with E-state index in [1.54, 1.807) is 6.92 Å². The van der Waals surface area contributed by atoms with Crippen molar-refractivity contribution in [2.45, 2.75) is 32.0 Å². The molecule has 1 aromatic heterocycles. The van der Waals surface area contributed by atoms with Gasteiger partial charge in [0.15, 0.2) is 0 Å². The van der Waals surface area contributed by atoms with Gasteiger partial charge in [-0.3, -0.25) is 4.90 Å². The number of piperidine rings is 1. The molecule has 0 saturated carbocycles. The molecule has 0 N–H and O–H groups in total. The summed E-state index contributed by atoms with van der Waals surface area (Å²) in [5, 5.41) is 5.88. The van der Waals surface area contributed by atoms with Gasteiger partial charge in [0, 0.05) is 18.5 Å². The summed E-state index contributed by atoms with van der Waals surface area (Å²) in [6, 6.07) is 0. The number of alkyl halides is 1. The Morgan fingerprint density at radius 2 is 2.57 bits per heavy atom. The smallest absolute Gasteiger partial charge is 0.120 e. The Kier molecular flexibility index (Phi) is 2.78. The van der Waals surface area contributed by atoms with Crippen LogP contribution in [-0.2, 0) is 6.54 Å². The Morgan fingerprint density at radius 3 is 3.21 bits per heavy atom. The molecule has 0 aliphatic carbocycles. The standard InChI is InChI=1S/C9H14FN3S/c1-9(10)3-2-4-13(7-9)5-8-6-14-12-11-8/h6H,2-5,7H2,1H3/t9-/m0/s1. The molecule has 0 aromatic carbocycles. The minimum atomic E-state index is -1.03. The first kappa shape index (κ1) is 9.98.